The van der Waals surface area contributed by atoms with Crippen molar-refractivity contribution in [3.8, 4) is 0 Å². The molecule has 0 aliphatic carbocycles. The van der Waals surface area contributed by atoms with Gasteiger partial charge in [-0.1, -0.05) is 46.3 Å². The fraction of sp³-hybridized carbons (Fsp3) is 0.0625. The molecule has 5 rings (SSSR count). The first-order valence-corrected chi connectivity index (χ1v) is 15.0. The van der Waals surface area contributed by atoms with Gasteiger partial charge < -0.3 is 10.6 Å². The second-order valence-corrected chi connectivity index (χ2v) is 11.8. The number of hydrogen-bond acceptors (Lipinski definition) is 7. The first kappa shape index (κ1) is 31.3. The van der Waals surface area contributed by atoms with Gasteiger partial charge in [0.1, 0.15) is 11.5 Å². The molecular formula is C32H22BrFN4O6S. The molecule has 4 aromatic carbocycles. The van der Waals surface area contributed by atoms with Crippen molar-refractivity contribution in [1.82, 2.24) is 5.32 Å². The Hall–Kier alpha value is -5.14. The van der Waals surface area contributed by atoms with Crippen LogP contribution in [-0.4, -0.2) is 33.8 Å². The number of hydrogen-bond donors (Lipinski definition) is 2. The van der Waals surface area contributed by atoms with Crippen molar-refractivity contribution in [2.24, 2.45) is 0 Å². The highest BCUT2D eigenvalue weighted by atomic mass is 79.9. The number of rotatable bonds is 9. The molecule has 1 aliphatic rings. The van der Waals surface area contributed by atoms with E-state index in [1.807, 2.05) is 0 Å². The van der Waals surface area contributed by atoms with Crippen LogP contribution in [0.2, 0.25) is 0 Å². The molecule has 45 heavy (non-hydrogen) atoms. The summed E-state index contributed by atoms with van der Waals surface area (Å²) in [5, 5.41) is 15.5. The van der Waals surface area contributed by atoms with Gasteiger partial charge in [-0.25, -0.2) is 9.29 Å². The summed E-state index contributed by atoms with van der Waals surface area (Å²) in [4.78, 5) is 64.2. The average Bonchev–Trinajstić information content (AvgIpc) is 3.30. The number of thioether (sulfide) groups is 1. The SMILES string of the molecule is O=C(Nc1cccc(S[C@@H]2CC(=O)N(c3ccc([N+](=O)[O-])cc3)C2=O)c1)/C(=C/c1c(F)cccc1Br)NC(=O)c1ccccc1. The Morgan fingerprint density at radius 3 is 2.38 bits per heavy atom. The van der Waals surface area contributed by atoms with E-state index >= 15 is 0 Å². The zero-order chi connectivity index (χ0) is 32.1. The molecule has 1 aliphatic heterocycles. The zero-order valence-electron chi connectivity index (χ0n) is 23.1. The van der Waals surface area contributed by atoms with Gasteiger partial charge in [0.15, 0.2) is 0 Å². The molecule has 226 valence electrons. The molecule has 4 amide bonds. The van der Waals surface area contributed by atoms with Crippen LogP contribution in [0.15, 0.2) is 112 Å². The van der Waals surface area contributed by atoms with E-state index in [0.29, 0.717) is 20.6 Å². The molecule has 0 aromatic heterocycles. The van der Waals surface area contributed by atoms with Crippen LogP contribution in [-0.2, 0) is 14.4 Å². The minimum Gasteiger partial charge on any atom is -0.321 e. The van der Waals surface area contributed by atoms with Crippen molar-refractivity contribution in [2.45, 2.75) is 16.6 Å². The van der Waals surface area contributed by atoms with Gasteiger partial charge in [0.2, 0.25) is 11.8 Å². The van der Waals surface area contributed by atoms with E-state index in [1.54, 1.807) is 60.7 Å². The Morgan fingerprint density at radius 1 is 0.978 bits per heavy atom. The lowest BCUT2D eigenvalue weighted by Gasteiger charge is -2.15. The quantitative estimate of drug-likeness (QED) is 0.0907. The van der Waals surface area contributed by atoms with E-state index in [2.05, 4.69) is 26.6 Å². The van der Waals surface area contributed by atoms with Crippen molar-refractivity contribution in [1.29, 1.82) is 0 Å². The van der Waals surface area contributed by atoms with E-state index in [-0.39, 0.29) is 29.1 Å². The highest BCUT2D eigenvalue weighted by molar-refractivity contribution is 9.10. The largest absolute Gasteiger partial charge is 0.321 e. The van der Waals surface area contributed by atoms with Gasteiger partial charge in [0.25, 0.3) is 17.5 Å². The van der Waals surface area contributed by atoms with Crippen molar-refractivity contribution in [2.75, 3.05) is 10.2 Å². The molecular weight excluding hydrogens is 667 g/mol. The molecule has 4 aromatic rings. The van der Waals surface area contributed by atoms with E-state index in [4.69, 9.17) is 0 Å². The van der Waals surface area contributed by atoms with Crippen LogP contribution in [0, 0.1) is 15.9 Å². The Bertz CT molecular complexity index is 1830. The number of nitrogens with zero attached hydrogens (tertiary/aromatic N) is 2. The van der Waals surface area contributed by atoms with Gasteiger partial charge in [-0.2, -0.15) is 0 Å². The lowest BCUT2D eigenvalue weighted by molar-refractivity contribution is -0.384. The van der Waals surface area contributed by atoms with Crippen molar-refractivity contribution >= 4 is 74.5 Å². The fourth-order valence-electron chi connectivity index (χ4n) is 4.44. The third-order valence-electron chi connectivity index (χ3n) is 6.61. The number of carbonyl (C=O) groups is 4. The third-order valence-corrected chi connectivity index (χ3v) is 8.48. The second kappa shape index (κ2) is 13.7. The summed E-state index contributed by atoms with van der Waals surface area (Å²) in [5.74, 6) is -2.83. The van der Waals surface area contributed by atoms with E-state index in [9.17, 15) is 33.7 Å². The number of benzene rings is 4. The molecule has 0 bridgehead atoms. The number of non-ortho nitro benzene ring substituents is 1. The topological polar surface area (TPSA) is 139 Å². The van der Waals surface area contributed by atoms with Gasteiger partial charge in [-0.05, 0) is 60.7 Å². The summed E-state index contributed by atoms with van der Waals surface area (Å²) in [5.41, 5.74) is 0.521. The number of carbonyl (C=O) groups excluding carboxylic acids is 4. The minimum absolute atomic E-state index is 0.0577. The van der Waals surface area contributed by atoms with Crippen LogP contribution in [0.3, 0.4) is 0 Å². The maximum Gasteiger partial charge on any atom is 0.272 e. The average molecular weight is 690 g/mol. The lowest BCUT2D eigenvalue weighted by atomic mass is 10.1. The first-order valence-electron chi connectivity index (χ1n) is 13.3. The minimum atomic E-state index is -0.766. The zero-order valence-corrected chi connectivity index (χ0v) is 25.5. The number of amides is 4. The summed E-state index contributed by atoms with van der Waals surface area (Å²) in [7, 11) is 0. The van der Waals surface area contributed by atoms with E-state index in [0.717, 1.165) is 16.7 Å². The summed E-state index contributed by atoms with van der Waals surface area (Å²) in [6.07, 6.45) is 1.14. The van der Waals surface area contributed by atoms with Crippen LogP contribution in [0.25, 0.3) is 6.08 Å². The van der Waals surface area contributed by atoms with Crippen LogP contribution >= 0.6 is 27.7 Å². The number of nitrogens with one attached hydrogen (secondary N) is 2. The Morgan fingerprint density at radius 2 is 1.69 bits per heavy atom. The second-order valence-electron chi connectivity index (χ2n) is 9.65. The molecule has 0 radical (unpaired) electrons. The van der Waals surface area contributed by atoms with Crippen LogP contribution < -0.4 is 15.5 Å². The molecule has 0 unspecified atom stereocenters. The van der Waals surface area contributed by atoms with Crippen molar-refractivity contribution in [3.63, 3.8) is 0 Å². The fourth-order valence-corrected chi connectivity index (χ4v) is 6.01. The van der Waals surface area contributed by atoms with E-state index < -0.39 is 39.6 Å². The van der Waals surface area contributed by atoms with Gasteiger partial charge in [0, 0.05) is 44.7 Å². The third kappa shape index (κ3) is 7.33. The maximum absolute atomic E-state index is 14.6. The van der Waals surface area contributed by atoms with Crippen LogP contribution in [0.1, 0.15) is 22.3 Å². The number of imide groups is 1. The van der Waals surface area contributed by atoms with Crippen LogP contribution in [0.5, 0.6) is 0 Å². The normalized spacial score (nSPS) is 14.8. The number of nitro benzene ring substituents is 1. The number of nitro groups is 1. The van der Waals surface area contributed by atoms with Crippen molar-refractivity contribution in [3.05, 3.63) is 134 Å². The van der Waals surface area contributed by atoms with Crippen LogP contribution in [0.4, 0.5) is 21.5 Å². The molecule has 10 nitrogen and oxygen atoms in total. The maximum atomic E-state index is 14.6. The highest BCUT2D eigenvalue weighted by Gasteiger charge is 2.40. The summed E-state index contributed by atoms with van der Waals surface area (Å²) in [6, 6.07) is 24.2. The monoisotopic (exact) mass is 688 g/mol. The van der Waals surface area contributed by atoms with Crippen molar-refractivity contribution < 1.29 is 28.5 Å². The smallest absolute Gasteiger partial charge is 0.272 e. The molecule has 1 saturated heterocycles. The summed E-state index contributed by atoms with van der Waals surface area (Å²) >= 11 is 4.40. The Kier molecular flexibility index (Phi) is 9.50. The van der Waals surface area contributed by atoms with Gasteiger partial charge in [0.05, 0.1) is 15.9 Å². The molecule has 0 spiro atoms. The molecule has 1 fully saturated rings. The van der Waals surface area contributed by atoms with Gasteiger partial charge in [-0.15, -0.1) is 11.8 Å². The molecule has 13 heteroatoms. The molecule has 2 N–H and O–H groups in total. The summed E-state index contributed by atoms with van der Waals surface area (Å²) < 4.78 is 15.0. The molecule has 1 atom stereocenters. The number of anilines is 2. The lowest BCUT2D eigenvalue weighted by Crippen LogP contribution is -2.31. The van der Waals surface area contributed by atoms with Gasteiger partial charge >= 0.3 is 0 Å². The van der Waals surface area contributed by atoms with E-state index in [1.165, 1.54) is 42.5 Å². The summed E-state index contributed by atoms with van der Waals surface area (Å²) in [6.45, 7) is 0. The molecule has 0 saturated carbocycles. The molecule has 1 heterocycles. The predicted molar refractivity (Wildman–Crippen MR) is 171 cm³/mol. The number of halogens is 2. The first-order chi connectivity index (χ1) is 21.6. The standard InChI is InChI=1S/C32H22BrFN4O6S/c33-25-10-5-11-26(34)24(25)17-27(36-30(40)19-6-2-1-3-7-19)31(41)35-20-8-4-9-23(16-20)45-28-18-29(39)37(32(28)42)21-12-14-22(15-13-21)38(43)44/h1-17,28H,18H2,(H,35,41)(H,36,40)/b27-17-/t28-/m1/s1. The highest BCUT2D eigenvalue weighted by Crippen LogP contribution is 2.35. The Balaban J connectivity index is 1.34. The van der Waals surface area contributed by atoms with Gasteiger partial charge in [-0.3, -0.25) is 29.3 Å². The predicted octanol–water partition coefficient (Wildman–Crippen LogP) is 6.33. The Labute approximate surface area is 268 Å².